The van der Waals surface area contributed by atoms with E-state index < -0.39 is 40.1 Å². The number of amides is 1. The van der Waals surface area contributed by atoms with Gasteiger partial charge in [-0.05, 0) is 37.3 Å². The van der Waals surface area contributed by atoms with Crippen LogP contribution < -0.4 is 0 Å². The van der Waals surface area contributed by atoms with Crippen molar-refractivity contribution in [3.63, 3.8) is 0 Å². The van der Waals surface area contributed by atoms with Gasteiger partial charge in [-0.25, -0.2) is 4.79 Å². The molecule has 35 heavy (non-hydrogen) atoms. The third-order valence-corrected chi connectivity index (χ3v) is 7.21. The van der Waals surface area contributed by atoms with E-state index in [0.717, 1.165) is 11.1 Å². The van der Waals surface area contributed by atoms with Gasteiger partial charge in [0.05, 0.1) is 24.1 Å². The molecule has 0 N–H and O–H groups in total. The molecule has 1 aliphatic heterocycles. The van der Waals surface area contributed by atoms with Gasteiger partial charge < -0.3 is 13.9 Å². The van der Waals surface area contributed by atoms with E-state index in [1.165, 1.54) is 6.92 Å². The first-order chi connectivity index (χ1) is 16.3. The number of nitrogens with zero attached hydrogens (tertiary/aromatic N) is 1. The highest BCUT2D eigenvalue weighted by molar-refractivity contribution is 5.98. The lowest BCUT2D eigenvalue weighted by molar-refractivity contribution is -0.149. The van der Waals surface area contributed by atoms with Gasteiger partial charge in [-0.1, -0.05) is 81.4 Å². The lowest BCUT2D eigenvalue weighted by Gasteiger charge is -2.57. The van der Waals surface area contributed by atoms with E-state index in [9.17, 15) is 9.59 Å². The highest BCUT2D eigenvalue weighted by atomic mass is 28.2. The number of hydrogen-bond donors (Lipinski definition) is 0. The molecule has 0 aliphatic carbocycles. The summed E-state index contributed by atoms with van der Waals surface area (Å²) in [5, 5.41) is 0. The van der Waals surface area contributed by atoms with Gasteiger partial charge in [-0.3, -0.25) is 9.69 Å². The zero-order valence-corrected chi connectivity index (χ0v) is 24.3. The average Bonchev–Trinajstić information content (AvgIpc) is 3.05. The highest BCUT2D eigenvalue weighted by Crippen LogP contribution is 2.60. The second-order valence-electron chi connectivity index (χ2n) is 11.3. The van der Waals surface area contributed by atoms with Crippen LogP contribution in [0.1, 0.15) is 59.6 Å². The lowest BCUT2D eigenvalue weighted by atomic mass is 9.52. The Morgan fingerprint density at radius 2 is 1.43 bits per heavy atom. The number of hydrogen-bond acceptors (Lipinski definition) is 5. The molecule has 3 rings (SSSR count). The van der Waals surface area contributed by atoms with Gasteiger partial charge in [0.25, 0.3) is 0 Å². The summed E-state index contributed by atoms with van der Waals surface area (Å²) < 4.78 is 18.1. The van der Waals surface area contributed by atoms with Gasteiger partial charge in [-0.2, -0.15) is 0 Å². The predicted octanol–water partition coefficient (Wildman–Crippen LogP) is 4.24. The van der Waals surface area contributed by atoms with Crippen molar-refractivity contribution in [3.05, 3.63) is 71.8 Å². The molecule has 0 radical (unpaired) electrons. The van der Waals surface area contributed by atoms with Crippen molar-refractivity contribution in [1.82, 2.24) is 4.90 Å². The summed E-state index contributed by atoms with van der Waals surface area (Å²) in [6.45, 7) is 13.8. The van der Waals surface area contributed by atoms with E-state index in [2.05, 4.69) is 45.0 Å². The van der Waals surface area contributed by atoms with Gasteiger partial charge in [-0.15, -0.1) is 0 Å². The highest BCUT2D eigenvalue weighted by Gasteiger charge is 2.72. The molecule has 1 saturated heterocycles. The Hall–Kier alpha value is -2.64. The molecule has 0 aromatic heterocycles. The fourth-order valence-corrected chi connectivity index (χ4v) is 6.26. The van der Waals surface area contributed by atoms with Crippen molar-refractivity contribution < 1.29 is 23.5 Å². The molecule has 1 heterocycles. The van der Waals surface area contributed by atoms with Crippen molar-refractivity contribution in [3.8, 4) is 0 Å². The van der Waals surface area contributed by atoms with Crippen LogP contribution in [-0.4, -0.2) is 57.8 Å². The minimum absolute atomic E-state index is 0.181. The smallest absolute Gasteiger partial charge is 0.411 e. The van der Waals surface area contributed by atoms with Crippen LogP contribution >= 0.6 is 0 Å². The largest absolute Gasteiger partial charge is 0.459 e. The fourth-order valence-electron chi connectivity index (χ4n) is 5.84. The molecule has 2 aromatic rings. The van der Waals surface area contributed by atoms with Crippen molar-refractivity contribution in [1.29, 1.82) is 0 Å². The molecule has 1 aliphatic rings. The van der Waals surface area contributed by atoms with Crippen molar-refractivity contribution in [2.45, 2.75) is 71.1 Å². The number of likely N-dealkylation sites (tertiary alicyclic amines) is 1. The summed E-state index contributed by atoms with van der Waals surface area (Å²) in [7, 11) is 0.479. The topological polar surface area (TPSA) is 65.1 Å². The first-order valence-electron chi connectivity index (χ1n) is 12.1. The van der Waals surface area contributed by atoms with Crippen LogP contribution in [0.25, 0.3) is 0 Å². The maximum absolute atomic E-state index is 13.9. The molecular formula is C28H39NO5Si. The van der Waals surface area contributed by atoms with Crippen molar-refractivity contribution in [2.75, 3.05) is 13.2 Å². The fraction of sp³-hybridized carbons (Fsp3) is 0.500. The summed E-state index contributed by atoms with van der Waals surface area (Å²) in [6, 6.07) is 20.1. The molecule has 6 nitrogen and oxygen atoms in total. The van der Waals surface area contributed by atoms with Crippen LogP contribution in [0.5, 0.6) is 0 Å². The van der Waals surface area contributed by atoms with Gasteiger partial charge in [0.1, 0.15) is 22.2 Å². The summed E-state index contributed by atoms with van der Waals surface area (Å²) in [6.07, 6.45) is -1.11. The predicted molar refractivity (Wildman–Crippen MR) is 140 cm³/mol. The summed E-state index contributed by atoms with van der Waals surface area (Å²) in [4.78, 5) is 28.2. The minimum atomic E-state index is -0.938. The van der Waals surface area contributed by atoms with E-state index in [4.69, 9.17) is 13.9 Å². The summed E-state index contributed by atoms with van der Waals surface area (Å²) >= 11 is 0. The minimum Gasteiger partial charge on any atom is -0.459 e. The molecule has 1 fully saturated rings. The molecular weight excluding hydrogens is 458 g/mol. The van der Waals surface area contributed by atoms with Crippen molar-refractivity contribution in [2.24, 2.45) is 5.41 Å². The van der Waals surface area contributed by atoms with Crippen LogP contribution in [0.3, 0.4) is 0 Å². The molecule has 0 spiro atoms. The van der Waals surface area contributed by atoms with Gasteiger partial charge in [0.2, 0.25) is 0 Å². The number of benzene rings is 2. The zero-order chi connectivity index (χ0) is 26.1. The Bertz CT molecular complexity index is 989. The average molecular weight is 498 g/mol. The Balaban J connectivity index is 2.49. The van der Waals surface area contributed by atoms with Gasteiger partial charge in [0.15, 0.2) is 0 Å². The second kappa shape index (κ2) is 9.78. The Morgan fingerprint density at radius 1 is 0.943 bits per heavy atom. The number of ether oxygens (including phenoxy) is 2. The third kappa shape index (κ3) is 4.64. The van der Waals surface area contributed by atoms with Crippen LogP contribution in [0, 0.1) is 5.41 Å². The second-order valence-corrected chi connectivity index (χ2v) is 11.8. The van der Waals surface area contributed by atoms with E-state index in [1.54, 1.807) is 4.90 Å². The van der Waals surface area contributed by atoms with E-state index >= 15 is 0 Å². The first kappa shape index (κ1) is 27.0. The molecule has 0 unspecified atom stereocenters. The Labute approximate surface area is 212 Å². The quantitative estimate of drug-likeness (QED) is 0.457. The first-order valence-corrected chi connectivity index (χ1v) is 12.9. The number of carbonyl (C=O) groups is 2. The Kier molecular flexibility index (Phi) is 7.53. The molecule has 1 amide bonds. The standard InChI is InChI=1S/C28H39NO5Si/c1-20(30)33-23-18-29(24(31)34-26(5,6)7)27(19-32-35,25(2,3)4)28(23,21-14-10-8-11-15-21)22-16-12-9-13-17-22/h8-17,23H,18-19H2,1-7,35H3/t23-,27+/m1/s1. The van der Waals surface area contributed by atoms with E-state index in [0.29, 0.717) is 10.5 Å². The van der Waals surface area contributed by atoms with E-state index in [1.807, 2.05) is 57.2 Å². The third-order valence-electron chi connectivity index (χ3n) is 6.92. The van der Waals surface area contributed by atoms with Crippen LogP contribution in [-0.2, 0) is 24.1 Å². The van der Waals surface area contributed by atoms with Gasteiger partial charge >= 0.3 is 12.1 Å². The SMILES string of the molecule is CC(=O)O[C@@H]1CN(C(=O)OC(C)(C)C)[C@@](CO[SiH3])(C(C)(C)C)C1(c1ccccc1)c1ccccc1. The molecule has 7 heteroatoms. The monoisotopic (exact) mass is 497 g/mol. The number of carbonyl (C=O) groups excluding carboxylic acids is 2. The summed E-state index contributed by atoms with van der Waals surface area (Å²) in [5.74, 6) is -0.396. The molecule has 2 atom stereocenters. The molecule has 190 valence electrons. The Morgan fingerprint density at radius 3 is 1.80 bits per heavy atom. The molecule has 0 bridgehead atoms. The number of rotatable bonds is 5. The van der Waals surface area contributed by atoms with Crippen LogP contribution in [0.4, 0.5) is 4.79 Å². The molecule has 2 aromatic carbocycles. The van der Waals surface area contributed by atoms with E-state index in [-0.39, 0.29) is 13.2 Å². The molecule has 0 saturated carbocycles. The maximum Gasteiger partial charge on any atom is 0.411 e. The summed E-state index contributed by atoms with van der Waals surface area (Å²) in [5.41, 5.74) is -1.14. The number of esters is 1. The van der Waals surface area contributed by atoms with Crippen LogP contribution in [0.2, 0.25) is 0 Å². The lowest BCUT2D eigenvalue weighted by Crippen LogP contribution is -2.69. The van der Waals surface area contributed by atoms with Gasteiger partial charge in [0, 0.05) is 6.92 Å². The zero-order valence-electron chi connectivity index (χ0n) is 22.3. The normalized spacial score (nSPS) is 22.1. The maximum atomic E-state index is 13.9. The van der Waals surface area contributed by atoms with Crippen LogP contribution in [0.15, 0.2) is 60.7 Å². The van der Waals surface area contributed by atoms with Crippen molar-refractivity contribution >= 4 is 22.5 Å².